The van der Waals surface area contributed by atoms with Gasteiger partial charge in [0.05, 0.1) is 17.9 Å². The van der Waals surface area contributed by atoms with E-state index < -0.39 is 18.3 Å². The molecule has 0 aliphatic carbocycles. The predicted molar refractivity (Wildman–Crippen MR) is 59.9 cm³/mol. The molecule has 0 aliphatic rings. The SMILES string of the molecule is C/C=N/N(C)c1ccc(CO)c(C(F)(F)F)c1. The van der Waals surface area contributed by atoms with Crippen LogP contribution in [0.5, 0.6) is 0 Å². The summed E-state index contributed by atoms with van der Waals surface area (Å²) in [5.74, 6) is 0. The van der Waals surface area contributed by atoms with Crippen molar-refractivity contribution in [3.63, 3.8) is 0 Å². The van der Waals surface area contributed by atoms with Crippen molar-refractivity contribution in [2.45, 2.75) is 19.7 Å². The Morgan fingerprint density at radius 1 is 1.41 bits per heavy atom. The Morgan fingerprint density at radius 2 is 2.06 bits per heavy atom. The van der Waals surface area contributed by atoms with E-state index in [1.165, 1.54) is 23.4 Å². The fraction of sp³-hybridized carbons (Fsp3) is 0.364. The largest absolute Gasteiger partial charge is 0.416 e. The van der Waals surface area contributed by atoms with E-state index in [1.807, 2.05) is 0 Å². The van der Waals surface area contributed by atoms with E-state index in [2.05, 4.69) is 5.10 Å². The molecule has 0 spiro atoms. The van der Waals surface area contributed by atoms with Crippen molar-refractivity contribution in [1.82, 2.24) is 0 Å². The summed E-state index contributed by atoms with van der Waals surface area (Å²) in [6.07, 6.45) is -3.00. The van der Waals surface area contributed by atoms with Crippen LogP contribution in [0, 0.1) is 0 Å². The molecule has 0 bridgehead atoms. The highest BCUT2D eigenvalue weighted by Gasteiger charge is 2.33. The molecule has 17 heavy (non-hydrogen) atoms. The van der Waals surface area contributed by atoms with Gasteiger partial charge in [-0.15, -0.1) is 0 Å². The zero-order chi connectivity index (χ0) is 13.1. The smallest absolute Gasteiger partial charge is 0.392 e. The summed E-state index contributed by atoms with van der Waals surface area (Å²) in [6, 6.07) is 3.70. The predicted octanol–water partition coefficient (Wildman–Crippen LogP) is 2.64. The minimum atomic E-state index is -4.48. The van der Waals surface area contributed by atoms with E-state index in [9.17, 15) is 13.2 Å². The molecule has 0 aliphatic heterocycles. The van der Waals surface area contributed by atoms with Crippen molar-refractivity contribution < 1.29 is 18.3 Å². The Kier molecular flexibility index (Phi) is 4.11. The van der Waals surface area contributed by atoms with Crippen LogP contribution >= 0.6 is 0 Å². The second-order valence-corrected chi connectivity index (χ2v) is 3.39. The molecular weight excluding hydrogens is 233 g/mol. The molecular formula is C11H13F3N2O. The van der Waals surface area contributed by atoms with E-state index in [0.29, 0.717) is 5.69 Å². The molecule has 0 saturated heterocycles. The summed E-state index contributed by atoms with van der Waals surface area (Å²) in [7, 11) is 1.55. The first-order valence-corrected chi connectivity index (χ1v) is 4.93. The van der Waals surface area contributed by atoms with Crippen molar-refractivity contribution in [1.29, 1.82) is 0 Å². The van der Waals surface area contributed by atoms with Crippen LogP contribution < -0.4 is 5.01 Å². The highest BCUT2D eigenvalue weighted by atomic mass is 19.4. The third-order valence-electron chi connectivity index (χ3n) is 2.23. The van der Waals surface area contributed by atoms with Crippen LogP contribution in [0.2, 0.25) is 0 Å². The number of benzene rings is 1. The standard InChI is InChI=1S/C11H13F3N2O/c1-3-15-16(2)9-5-4-8(7-17)10(6-9)11(12,13)14/h3-6,17H,7H2,1-2H3/b15-3+. The van der Waals surface area contributed by atoms with Crippen molar-refractivity contribution in [2.75, 3.05) is 12.1 Å². The number of hydrogen-bond donors (Lipinski definition) is 1. The summed E-state index contributed by atoms with van der Waals surface area (Å²) >= 11 is 0. The van der Waals surface area contributed by atoms with E-state index in [0.717, 1.165) is 6.07 Å². The van der Waals surface area contributed by atoms with Gasteiger partial charge in [0.15, 0.2) is 0 Å². The lowest BCUT2D eigenvalue weighted by atomic mass is 10.1. The van der Waals surface area contributed by atoms with E-state index in [-0.39, 0.29) is 5.56 Å². The van der Waals surface area contributed by atoms with Crippen LogP contribution in [0.4, 0.5) is 18.9 Å². The summed E-state index contributed by atoms with van der Waals surface area (Å²) in [4.78, 5) is 0. The molecule has 1 rings (SSSR count). The first-order chi connectivity index (χ1) is 7.90. The molecule has 3 nitrogen and oxygen atoms in total. The second kappa shape index (κ2) is 5.18. The van der Waals surface area contributed by atoms with Gasteiger partial charge in [0.25, 0.3) is 0 Å². The van der Waals surface area contributed by atoms with Crippen molar-refractivity contribution in [2.24, 2.45) is 5.10 Å². The normalized spacial score (nSPS) is 12.1. The van der Waals surface area contributed by atoms with E-state index >= 15 is 0 Å². The van der Waals surface area contributed by atoms with Crippen LogP contribution in [0.1, 0.15) is 18.1 Å². The van der Waals surface area contributed by atoms with Gasteiger partial charge < -0.3 is 5.11 Å². The van der Waals surface area contributed by atoms with Gasteiger partial charge in [-0.25, -0.2) is 0 Å². The molecule has 94 valence electrons. The number of rotatable bonds is 3. The molecule has 0 fully saturated rings. The van der Waals surface area contributed by atoms with E-state index in [4.69, 9.17) is 5.11 Å². The minimum absolute atomic E-state index is 0.143. The Balaban J connectivity index is 3.22. The lowest BCUT2D eigenvalue weighted by Crippen LogP contribution is -2.13. The highest BCUT2D eigenvalue weighted by molar-refractivity contribution is 5.58. The number of anilines is 1. The van der Waals surface area contributed by atoms with Gasteiger partial charge in [0, 0.05) is 13.3 Å². The summed E-state index contributed by atoms with van der Waals surface area (Å²) in [5, 5.41) is 14.1. The van der Waals surface area contributed by atoms with Gasteiger partial charge >= 0.3 is 6.18 Å². The van der Waals surface area contributed by atoms with Crippen molar-refractivity contribution >= 4 is 11.9 Å². The second-order valence-electron chi connectivity index (χ2n) is 3.39. The Bertz CT molecular complexity index is 416. The van der Waals surface area contributed by atoms with E-state index in [1.54, 1.807) is 14.0 Å². The highest BCUT2D eigenvalue weighted by Crippen LogP contribution is 2.34. The third-order valence-corrected chi connectivity index (χ3v) is 2.23. The molecule has 0 unspecified atom stereocenters. The molecule has 0 radical (unpaired) electrons. The lowest BCUT2D eigenvalue weighted by Gasteiger charge is -2.17. The molecule has 0 aromatic heterocycles. The van der Waals surface area contributed by atoms with Gasteiger partial charge in [-0.1, -0.05) is 6.07 Å². The molecule has 6 heteroatoms. The minimum Gasteiger partial charge on any atom is -0.392 e. The van der Waals surface area contributed by atoms with Crippen LogP contribution in [-0.4, -0.2) is 18.4 Å². The average molecular weight is 246 g/mol. The molecule has 0 atom stereocenters. The van der Waals surface area contributed by atoms with Crippen molar-refractivity contribution in [3.8, 4) is 0 Å². The molecule has 0 heterocycles. The number of hydrazone groups is 1. The number of aliphatic hydroxyl groups is 1. The average Bonchev–Trinajstić information content (AvgIpc) is 2.27. The van der Waals surface area contributed by atoms with Crippen LogP contribution in [0.15, 0.2) is 23.3 Å². The zero-order valence-electron chi connectivity index (χ0n) is 9.49. The first-order valence-electron chi connectivity index (χ1n) is 4.93. The molecule has 1 aromatic rings. The first kappa shape index (κ1) is 13.5. The van der Waals surface area contributed by atoms with Gasteiger partial charge in [-0.3, -0.25) is 5.01 Å². The number of aliphatic hydroxyl groups excluding tert-OH is 1. The van der Waals surface area contributed by atoms with Gasteiger partial charge in [0.1, 0.15) is 0 Å². The molecule has 0 amide bonds. The Morgan fingerprint density at radius 3 is 2.53 bits per heavy atom. The molecule has 1 N–H and O–H groups in total. The summed E-state index contributed by atoms with van der Waals surface area (Å²) in [5.41, 5.74) is -0.668. The van der Waals surface area contributed by atoms with Crippen LogP contribution in [0.3, 0.4) is 0 Å². The number of alkyl halides is 3. The number of nitrogens with zero attached hydrogens (tertiary/aromatic N) is 2. The van der Waals surface area contributed by atoms with Gasteiger partial charge in [-0.05, 0) is 24.6 Å². The Labute approximate surface area is 97.2 Å². The van der Waals surface area contributed by atoms with Crippen LogP contribution in [0.25, 0.3) is 0 Å². The maximum Gasteiger partial charge on any atom is 0.416 e. The van der Waals surface area contributed by atoms with Crippen molar-refractivity contribution in [3.05, 3.63) is 29.3 Å². The lowest BCUT2D eigenvalue weighted by molar-refractivity contribution is -0.138. The quantitative estimate of drug-likeness (QED) is 0.657. The summed E-state index contributed by atoms with van der Waals surface area (Å²) < 4.78 is 38.1. The topological polar surface area (TPSA) is 35.8 Å². The monoisotopic (exact) mass is 246 g/mol. The number of hydrogen-bond acceptors (Lipinski definition) is 3. The fourth-order valence-corrected chi connectivity index (χ4v) is 1.41. The molecule has 0 saturated carbocycles. The fourth-order valence-electron chi connectivity index (χ4n) is 1.41. The summed E-state index contributed by atoms with van der Waals surface area (Å²) in [6.45, 7) is 1.03. The zero-order valence-corrected chi connectivity index (χ0v) is 9.49. The number of halogens is 3. The maximum atomic E-state index is 12.7. The van der Waals surface area contributed by atoms with Crippen LogP contribution in [-0.2, 0) is 12.8 Å². The van der Waals surface area contributed by atoms with Gasteiger partial charge in [0.2, 0.25) is 0 Å². The Hall–Kier alpha value is -1.56. The van der Waals surface area contributed by atoms with Gasteiger partial charge in [-0.2, -0.15) is 18.3 Å². The molecule has 1 aromatic carbocycles. The maximum absolute atomic E-state index is 12.7. The third kappa shape index (κ3) is 3.20.